The van der Waals surface area contributed by atoms with E-state index in [1.54, 1.807) is 91.8 Å². The van der Waals surface area contributed by atoms with E-state index in [0.717, 1.165) is 103 Å². The number of rotatable bonds is 5. The third-order valence-electron chi connectivity index (χ3n) is 21.4. The van der Waals surface area contributed by atoms with Gasteiger partial charge < -0.3 is 13.6 Å². The molecule has 111 heavy (non-hydrogen) atoms. The van der Waals surface area contributed by atoms with Crippen LogP contribution in [0.15, 0.2) is 338 Å². The van der Waals surface area contributed by atoms with Crippen LogP contribution in [0.5, 0.6) is 0 Å². The standard InChI is InChI=1S/C36H20N4O3.C30H18N4O2.C26H18N4O2/c41-35-25-13-15-38-20-30(25)26-17-27-23-7-1-3-9-31(23)39(21-11-12-34-28(16-21)24-8-2-4-10-33(24)43-34)32(27)18-29(26)36(42)40(35)22-6-5-14-37-19-22;35-29-24-17-27-23(21-10-4-5-11-26(21)33(27)19-8-2-1-3-9-19)16-22(24)20-13-15-31-18-25(20)30(36)34(29)28-12-6-7-14-32-28;1-26(2)20-8-4-3-6-15(20)17-12-18-19(13-21(17)26)25(32)30(22-14-27-10-11-28-22)24(31)16-7-5-9-29-23(16)18/h1-20H;1-18H;3-14H,1-2H3. The Bertz CT molecular complexity index is 7960. The number of para-hydroxylation sites is 4. The quantitative estimate of drug-likeness (QED) is 0.156. The summed E-state index contributed by atoms with van der Waals surface area (Å²) < 4.78 is 13.9. The molecule has 0 saturated carbocycles. The minimum absolute atomic E-state index is 0.188. The molecule has 0 aliphatic heterocycles. The molecule has 0 radical (unpaired) electrons. The molecule has 0 unspecified atom stereocenters. The zero-order chi connectivity index (χ0) is 74.9. The van der Waals surface area contributed by atoms with Crippen molar-refractivity contribution in [3.8, 4) is 39.8 Å². The summed E-state index contributed by atoms with van der Waals surface area (Å²) in [6.07, 6.45) is 17.2. The molecule has 0 atom stereocenters. The van der Waals surface area contributed by atoms with Crippen LogP contribution in [-0.4, -0.2) is 57.7 Å². The summed E-state index contributed by atoms with van der Waals surface area (Å²) in [4.78, 5) is 113. The Morgan fingerprint density at radius 2 is 0.811 bits per heavy atom. The third-order valence-corrected chi connectivity index (χ3v) is 21.4. The van der Waals surface area contributed by atoms with E-state index >= 15 is 0 Å². The fraction of sp³-hybridized carbons (Fsp3) is 0.0326. The van der Waals surface area contributed by atoms with E-state index in [0.29, 0.717) is 70.5 Å². The molecule has 21 aromatic rings. The number of hydrogen-bond acceptors (Lipinski definition) is 14. The van der Waals surface area contributed by atoms with E-state index in [1.807, 2.05) is 133 Å². The number of hydrogen-bond donors (Lipinski definition) is 0. The van der Waals surface area contributed by atoms with Crippen molar-refractivity contribution in [3.05, 3.63) is 378 Å². The van der Waals surface area contributed by atoms with Gasteiger partial charge in [0.15, 0.2) is 5.82 Å². The van der Waals surface area contributed by atoms with E-state index in [9.17, 15) is 28.8 Å². The van der Waals surface area contributed by atoms with Crippen LogP contribution in [-0.2, 0) is 5.41 Å². The highest BCUT2D eigenvalue weighted by molar-refractivity contribution is 6.20. The number of fused-ring (bicyclic) bond motifs is 21. The van der Waals surface area contributed by atoms with Gasteiger partial charge in [-0.3, -0.25) is 53.7 Å². The first-order valence-electron chi connectivity index (χ1n) is 35.9. The lowest BCUT2D eigenvalue weighted by molar-refractivity contribution is 0.661. The van der Waals surface area contributed by atoms with Crippen LogP contribution < -0.4 is 33.4 Å². The molecular weight excluding hydrogens is 1390 g/mol. The molecule has 22 rings (SSSR count). The van der Waals surface area contributed by atoms with Crippen LogP contribution >= 0.6 is 0 Å². The molecule has 0 saturated heterocycles. The SMILES string of the molecule is CC1(C)c2ccccc2-c2cc3c(cc21)c(=O)n(-c1cnccn1)c(=O)c1cccnc13.O=c1c2ccncc2c2cc3c4ccccc4n(-c4ccc5oc6ccccc6c5c4)c3cc2c(=O)n1-c1cccnc1.O=c1c2cnccc2c2cc3c4ccccc4n(-c4ccccc4)c3cc2c(=O)n1-c1ccccn1. The van der Waals surface area contributed by atoms with Crippen LogP contribution in [0, 0.1) is 0 Å². The van der Waals surface area contributed by atoms with Crippen molar-refractivity contribution in [2.45, 2.75) is 19.3 Å². The molecule has 19 heteroatoms. The van der Waals surface area contributed by atoms with Gasteiger partial charge in [-0.15, -0.1) is 0 Å². The molecular formula is C92H56N12O7. The smallest absolute Gasteiger partial charge is 0.268 e. The van der Waals surface area contributed by atoms with Crippen molar-refractivity contribution in [1.29, 1.82) is 0 Å². The van der Waals surface area contributed by atoms with Gasteiger partial charge in [-0.1, -0.05) is 117 Å². The average molecular weight is 1440 g/mol. The van der Waals surface area contributed by atoms with Crippen LogP contribution in [0.2, 0.25) is 0 Å². The summed E-state index contributed by atoms with van der Waals surface area (Å²) in [6.45, 7) is 4.31. The zero-order valence-electron chi connectivity index (χ0n) is 59.1. The second-order valence-electron chi connectivity index (χ2n) is 27.8. The molecule has 1 aliphatic carbocycles. The Hall–Kier alpha value is -15.4. The first kappa shape index (κ1) is 65.2. The van der Waals surface area contributed by atoms with Gasteiger partial charge in [0, 0.05) is 116 Å². The number of nitrogens with zero attached hydrogens (tertiary/aromatic N) is 12. The van der Waals surface area contributed by atoms with Gasteiger partial charge in [0.05, 0.1) is 78.0 Å². The van der Waals surface area contributed by atoms with Crippen molar-refractivity contribution in [2.75, 3.05) is 0 Å². The highest BCUT2D eigenvalue weighted by Gasteiger charge is 2.36. The maximum atomic E-state index is 14.3. The summed E-state index contributed by atoms with van der Waals surface area (Å²) in [6, 6.07) is 76.2. The molecule has 12 aromatic heterocycles. The molecule has 0 amide bonds. The lowest BCUT2D eigenvalue weighted by Gasteiger charge is -2.21. The van der Waals surface area contributed by atoms with E-state index in [4.69, 9.17) is 4.42 Å². The van der Waals surface area contributed by atoms with Gasteiger partial charge >= 0.3 is 0 Å². The summed E-state index contributed by atoms with van der Waals surface area (Å²) in [5.41, 5.74) is 9.87. The molecule has 1 aliphatic rings. The third kappa shape index (κ3) is 10.2. The van der Waals surface area contributed by atoms with E-state index in [-0.39, 0.29) is 17.1 Å². The van der Waals surface area contributed by atoms with Crippen molar-refractivity contribution < 1.29 is 4.42 Å². The van der Waals surface area contributed by atoms with E-state index in [1.165, 1.54) is 41.1 Å². The fourth-order valence-corrected chi connectivity index (χ4v) is 16.4. The molecule has 0 spiro atoms. The maximum absolute atomic E-state index is 14.3. The molecule has 0 fully saturated rings. The van der Waals surface area contributed by atoms with Crippen molar-refractivity contribution in [1.82, 2.24) is 57.7 Å². The number of benzene rings is 9. The maximum Gasteiger partial charge on any atom is 0.268 e. The Labute approximate surface area is 626 Å². The molecule has 9 aromatic carbocycles. The Morgan fingerprint density at radius 3 is 1.53 bits per heavy atom. The normalized spacial score (nSPS) is 12.3. The van der Waals surface area contributed by atoms with Crippen LogP contribution in [0.1, 0.15) is 25.0 Å². The van der Waals surface area contributed by atoms with Crippen molar-refractivity contribution in [2.24, 2.45) is 0 Å². The number of aromatic nitrogens is 12. The van der Waals surface area contributed by atoms with Gasteiger partial charge in [0.1, 0.15) is 17.0 Å². The molecule has 12 heterocycles. The van der Waals surface area contributed by atoms with Crippen LogP contribution in [0.4, 0.5) is 0 Å². The highest BCUT2D eigenvalue weighted by Crippen LogP contribution is 2.50. The van der Waals surface area contributed by atoms with Gasteiger partial charge in [-0.05, 0) is 172 Å². The largest absolute Gasteiger partial charge is 0.456 e. The zero-order valence-corrected chi connectivity index (χ0v) is 59.1. The predicted molar refractivity (Wildman–Crippen MR) is 438 cm³/mol. The predicted octanol–water partition coefficient (Wildman–Crippen LogP) is 16.7. The topological polar surface area (TPSA) is 230 Å². The first-order chi connectivity index (χ1) is 54.4. The van der Waals surface area contributed by atoms with Crippen molar-refractivity contribution in [3.63, 3.8) is 0 Å². The Morgan fingerprint density at radius 1 is 0.261 bits per heavy atom. The fourth-order valence-electron chi connectivity index (χ4n) is 16.4. The van der Waals surface area contributed by atoms with Gasteiger partial charge in [-0.2, -0.15) is 0 Å². The molecule has 0 N–H and O–H groups in total. The molecule has 0 bridgehead atoms. The second-order valence-corrected chi connectivity index (χ2v) is 27.8. The second kappa shape index (κ2) is 25.4. The van der Waals surface area contributed by atoms with E-state index < -0.39 is 33.4 Å². The van der Waals surface area contributed by atoms with E-state index in [2.05, 4.69) is 106 Å². The average Bonchev–Trinajstić information content (AvgIpc) is 1.57. The lowest BCUT2D eigenvalue weighted by Crippen LogP contribution is -2.29. The summed E-state index contributed by atoms with van der Waals surface area (Å²) >= 11 is 0. The summed E-state index contributed by atoms with van der Waals surface area (Å²) in [5, 5.41) is 11.8. The highest BCUT2D eigenvalue weighted by atomic mass is 16.3. The minimum atomic E-state index is -0.463. The number of pyridine rings is 5. The van der Waals surface area contributed by atoms with Gasteiger partial charge in [0.25, 0.3) is 33.4 Å². The Balaban J connectivity index is 0.000000110. The van der Waals surface area contributed by atoms with Gasteiger partial charge in [-0.25, -0.2) is 23.7 Å². The minimum Gasteiger partial charge on any atom is -0.456 e. The van der Waals surface area contributed by atoms with Crippen LogP contribution in [0.3, 0.4) is 0 Å². The molecule has 526 valence electrons. The molecule has 19 nitrogen and oxygen atoms in total. The first-order valence-corrected chi connectivity index (χ1v) is 35.9. The van der Waals surface area contributed by atoms with Crippen molar-refractivity contribution >= 4 is 130 Å². The Kier molecular flexibility index (Phi) is 14.9. The summed E-state index contributed by atoms with van der Waals surface area (Å²) in [7, 11) is 0. The van der Waals surface area contributed by atoms with Crippen LogP contribution in [0.25, 0.3) is 170 Å². The lowest BCUT2D eigenvalue weighted by atomic mass is 9.82. The summed E-state index contributed by atoms with van der Waals surface area (Å²) in [5.74, 6) is 0.465. The van der Waals surface area contributed by atoms with Gasteiger partial charge in [0.2, 0.25) is 0 Å². The monoisotopic (exact) mass is 1440 g/mol. The number of furan rings is 1.